The van der Waals surface area contributed by atoms with Gasteiger partial charge in [-0.25, -0.2) is 9.40 Å². The number of rotatable bonds is 5. The van der Waals surface area contributed by atoms with Crippen molar-refractivity contribution in [2.24, 2.45) is 10.1 Å². The SMILES string of the molecule is Cc1ccc(NC(=O)C[C@H]2SC(N3N=C(c4ccc(C)cc4)C[C@H]3c3ccc(F)cc3)=NC2=O)cc1. The molecule has 2 atom stereocenters. The van der Waals surface area contributed by atoms with Gasteiger partial charge < -0.3 is 5.32 Å². The molecule has 6 nitrogen and oxygen atoms in total. The minimum Gasteiger partial charge on any atom is -0.326 e. The Morgan fingerprint density at radius 1 is 1.00 bits per heavy atom. The molecule has 0 aromatic heterocycles. The molecule has 0 spiro atoms. The van der Waals surface area contributed by atoms with E-state index in [9.17, 15) is 14.0 Å². The number of halogens is 1. The maximum Gasteiger partial charge on any atom is 0.262 e. The Labute approximate surface area is 213 Å². The quantitative estimate of drug-likeness (QED) is 0.493. The molecule has 5 rings (SSSR count). The van der Waals surface area contributed by atoms with Gasteiger partial charge >= 0.3 is 0 Å². The minimum absolute atomic E-state index is 0.00790. The van der Waals surface area contributed by atoms with Crippen LogP contribution in [-0.4, -0.2) is 33.0 Å². The number of thioether (sulfide) groups is 1. The average Bonchev–Trinajstić information content (AvgIpc) is 3.45. The van der Waals surface area contributed by atoms with Gasteiger partial charge in [-0.3, -0.25) is 9.59 Å². The first-order chi connectivity index (χ1) is 17.4. The molecule has 0 radical (unpaired) electrons. The lowest BCUT2D eigenvalue weighted by Gasteiger charge is -2.23. The normalized spacial score (nSPS) is 19.3. The number of nitrogens with zero attached hydrogens (tertiary/aromatic N) is 3. The molecular formula is C28H25FN4O2S. The van der Waals surface area contributed by atoms with Crippen LogP contribution in [0.25, 0.3) is 0 Å². The van der Waals surface area contributed by atoms with E-state index in [4.69, 9.17) is 5.10 Å². The summed E-state index contributed by atoms with van der Waals surface area (Å²) in [4.78, 5) is 29.6. The summed E-state index contributed by atoms with van der Waals surface area (Å²) in [5, 5.41) is 9.23. The second kappa shape index (κ2) is 10.1. The number of amidine groups is 1. The van der Waals surface area contributed by atoms with Gasteiger partial charge in [0.1, 0.15) is 11.1 Å². The van der Waals surface area contributed by atoms with Crippen LogP contribution >= 0.6 is 11.8 Å². The second-order valence-corrected chi connectivity index (χ2v) is 10.2. The highest BCUT2D eigenvalue weighted by molar-refractivity contribution is 8.15. The topological polar surface area (TPSA) is 74.1 Å². The predicted octanol–water partition coefficient (Wildman–Crippen LogP) is 5.62. The zero-order chi connectivity index (χ0) is 25.2. The molecule has 182 valence electrons. The summed E-state index contributed by atoms with van der Waals surface area (Å²) in [5.41, 5.74) is 5.65. The summed E-state index contributed by atoms with van der Waals surface area (Å²) in [5.74, 6) is -0.919. The van der Waals surface area contributed by atoms with Gasteiger partial charge in [0.25, 0.3) is 5.91 Å². The van der Waals surface area contributed by atoms with Crippen molar-refractivity contribution in [2.75, 3.05) is 5.32 Å². The van der Waals surface area contributed by atoms with E-state index >= 15 is 0 Å². The fourth-order valence-corrected chi connectivity index (χ4v) is 5.23. The van der Waals surface area contributed by atoms with Crippen molar-refractivity contribution < 1.29 is 14.0 Å². The maximum atomic E-state index is 13.6. The van der Waals surface area contributed by atoms with E-state index < -0.39 is 5.25 Å². The van der Waals surface area contributed by atoms with Gasteiger partial charge in [-0.2, -0.15) is 10.1 Å². The number of amides is 2. The molecule has 1 N–H and O–H groups in total. The Morgan fingerprint density at radius 3 is 2.31 bits per heavy atom. The molecule has 0 fully saturated rings. The fraction of sp³-hybridized carbons (Fsp3) is 0.214. The molecule has 2 aliphatic rings. The predicted molar refractivity (Wildman–Crippen MR) is 142 cm³/mol. The lowest BCUT2D eigenvalue weighted by atomic mass is 9.98. The summed E-state index contributed by atoms with van der Waals surface area (Å²) in [6.45, 7) is 4.00. The molecule has 2 aliphatic heterocycles. The van der Waals surface area contributed by atoms with Crippen LogP contribution in [0.1, 0.15) is 41.1 Å². The summed E-state index contributed by atoms with van der Waals surface area (Å²) in [6.07, 6.45) is 0.592. The minimum atomic E-state index is -0.627. The number of anilines is 1. The number of carbonyl (C=O) groups is 2. The van der Waals surface area contributed by atoms with E-state index in [0.29, 0.717) is 17.3 Å². The lowest BCUT2D eigenvalue weighted by Crippen LogP contribution is -2.25. The van der Waals surface area contributed by atoms with Crippen LogP contribution < -0.4 is 5.32 Å². The Morgan fingerprint density at radius 2 is 1.64 bits per heavy atom. The summed E-state index contributed by atoms with van der Waals surface area (Å²) < 4.78 is 13.6. The number of aliphatic imine (C=N–C) groups is 1. The number of carbonyl (C=O) groups excluding carboxylic acids is 2. The number of hydrogen-bond acceptors (Lipinski definition) is 5. The van der Waals surface area contributed by atoms with Gasteiger partial charge in [-0.1, -0.05) is 71.4 Å². The van der Waals surface area contributed by atoms with Gasteiger partial charge in [0, 0.05) is 18.5 Å². The van der Waals surface area contributed by atoms with Crippen molar-refractivity contribution in [3.8, 4) is 0 Å². The second-order valence-electron chi connectivity index (χ2n) is 8.99. The van der Waals surface area contributed by atoms with E-state index in [-0.39, 0.29) is 30.1 Å². The molecule has 0 aliphatic carbocycles. The summed E-state index contributed by atoms with van der Waals surface area (Å²) in [6, 6.07) is 21.7. The molecular weight excluding hydrogens is 475 g/mol. The van der Waals surface area contributed by atoms with E-state index in [1.54, 1.807) is 17.1 Å². The monoisotopic (exact) mass is 500 g/mol. The largest absolute Gasteiger partial charge is 0.326 e. The van der Waals surface area contributed by atoms with Crippen LogP contribution in [0.3, 0.4) is 0 Å². The number of hydrazone groups is 1. The zero-order valence-corrected chi connectivity index (χ0v) is 20.8. The highest BCUT2D eigenvalue weighted by atomic mass is 32.2. The van der Waals surface area contributed by atoms with Crippen molar-refractivity contribution in [3.63, 3.8) is 0 Å². The average molecular weight is 501 g/mol. The van der Waals surface area contributed by atoms with Crippen molar-refractivity contribution >= 4 is 40.1 Å². The highest BCUT2D eigenvalue weighted by Crippen LogP contribution is 2.38. The lowest BCUT2D eigenvalue weighted by molar-refractivity contribution is -0.121. The van der Waals surface area contributed by atoms with Crippen molar-refractivity contribution in [1.82, 2.24) is 5.01 Å². The van der Waals surface area contributed by atoms with Crippen LogP contribution in [0, 0.1) is 19.7 Å². The fourth-order valence-electron chi connectivity index (χ4n) is 4.17. The van der Waals surface area contributed by atoms with Gasteiger partial charge in [0.15, 0.2) is 5.17 Å². The summed E-state index contributed by atoms with van der Waals surface area (Å²) >= 11 is 1.24. The first-order valence-corrected chi connectivity index (χ1v) is 12.6. The zero-order valence-electron chi connectivity index (χ0n) is 19.9. The standard InChI is InChI=1S/C28H25FN4O2S/c1-17-3-7-19(8-4-17)23-15-24(20-9-11-21(29)12-10-20)33(32-23)28-31-27(35)25(36-28)16-26(34)30-22-13-5-18(2)6-14-22/h3-14,24-25H,15-16H2,1-2H3,(H,30,34)/t24-,25+/m0/s1. The first-order valence-electron chi connectivity index (χ1n) is 11.7. The number of aryl methyl sites for hydroxylation is 2. The van der Waals surface area contributed by atoms with Crippen LogP contribution in [0.2, 0.25) is 0 Å². The third-order valence-corrected chi connectivity index (χ3v) is 7.32. The molecule has 36 heavy (non-hydrogen) atoms. The Hall–Kier alpha value is -3.78. The van der Waals surface area contributed by atoms with Gasteiger partial charge in [0.2, 0.25) is 5.91 Å². The van der Waals surface area contributed by atoms with Gasteiger partial charge in [-0.05, 0) is 49.2 Å². The Kier molecular flexibility index (Phi) is 6.69. The molecule has 3 aromatic carbocycles. The van der Waals surface area contributed by atoms with Crippen molar-refractivity contribution in [1.29, 1.82) is 0 Å². The van der Waals surface area contributed by atoms with Crippen LogP contribution in [0.4, 0.5) is 10.1 Å². The molecule has 3 aromatic rings. The van der Waals surface area contributed by atoms with Crippen LogP contribution in [-0.2, 0) is 9.59 Å². The molecule has 2 heterocycles. The van der Waals surface area contributed by atoms with Crippen LogP contribution in [0.5, 0.6) is 0 Å². The van der Waals surface area contributed by atoms with E-state index in [0.717, 1.165) is 28.0 Å². The maximum absolute atomic E-state index is 13.6. The third kappa shape index (κ3) is 5.23. The molecule has 0 saturated heterocycles. The number of hydrogen-bond donors (Lipinski definition) is 1. The van der Waals surface area contributed by atoms with Gasteiger partial charge in [0.05, 0.1) is 11.8 Å². The van der Waals surface area contributed by atoms with Crippen LogP contribution in [0.15, 0.2) is 82.9 Å². The Bertz CT molecular complexity index is 1350. The summed E-state index contributed by atoms with van der Waals surface area (Å²) in [7, 11) is 0. The smallest absolute Gasteiger partial charge is 0.262 e. The molecule has 8 heteroatoms. The molecule has 0 bridgehead atoms. The van der Waals surface area contributed by atoms with Crippen molar-refractivity contribution in [3.05, 3.63) is 101 Å². The number of benzene rings is 3. The van der Waals surface area contributed by atoms with E-state index in [1.165, 1.54) is 23.9 Å². The highest BCUT2D eigenvalue weighted by Gasteiger charge is 2.39. The van der Waals surface area contributed by atoms with E-state index in [2.05, 4.69) is 10.3 Å². The molecule has 0 saturated carbocycles. The molecule has 2 amide bonds. The first kappa shape index (κ1) is 23.9. The third-order valence-electron chi connectivity index (χ3n) is 6.18. The van der Waals surface area contributed by atoms with E-state index in [1.807, 2.05) is 62.4 Å². The molecule has 0 unspecified atom stereocenters. The van der Waals surface area contributed by atoms with Gasteiger partial charge in [-0.15, -0.1) is 0 Å². The Balaban J connectivity index is 1.35. The number of nitrogens with one attached hydrogen (secondary N) is 1. The van der Waals surface area contributed by atoms with Crippen molar-refractivity contribution in [2.45, 2.75) is 38.0 Å².